The summed E-state index contributed by atoms with van der Waals surface area (Å²) in [7, 11) is 0. The number of nitrogen functional groups attached to an aromatic ring is 1. The minimum Gasteiger partial charge on any atom is -0.490 e. The van der Waals surface area contributed by atoms with Gasteiger partial charge in [-0.3, -0.25) is 0 Å². The molecule has 0 aromatic heterocycles. The average molecular weight is 215 g/mol. The Morgan fingerprint density at radius 3 is 2.67 bits per heavy atom. The molecule has 84 valence electrons. The van der Waals surface area contributed by atoms with Crippen LogP contribution in [0.4, 0.5) is 14.5 Å². The largest absolute Gasteiger partial charge is 0.490 e. The van der Waals surface area contributed by atoms with Gasteiger partial charge in [-0.15, -0.1) is 0 Å². The normalized spacial score (nSPS) is 10.3. The number of anilines is 1. The van der Waals surface area contributed by atoms with Crippen LogP contribution in [0.3, 0.4) is 0 Å². The number of unbranched alkanes of at least 4 members (excludes halogenated alkanes) is 2. The molecular formula is C11H15F2NO. The van der Waals surface area contributed by atoms with Gasteiger partial charge in [0.1, 0.15) is 0 Å². The summed E-state index contributed by atoms with van der Waals surface area (Å²) in [6.07, 6.45) is 2.88. The van der Waals surface area contributed by atoms with Crippen LogP contribution in [-0.4, -0.2) is 6.61 Å². The molecule has 15 heavy (non-hydrogen) atoms. The molecule has 1 rings (SSSR count). The van der Waals surface area contributed by atoms with Gasteiger partial charge in [-0.05, 0) is 6.42 Å². The smallest absolute Gasteiger partial charge is 0.200 e. The first kappa shape index (κ1) is 11.8. The van der Waals surface area contributed by atoms with Gasteiger partial charge in [0.15, 0.2) is 11.6 Å². The Labute approximate surface area is 88.0 Å². The first-order chi connectivity index (χ1) is 7.15. The lowest BCUT2D eigenvalue weighted by Gasteiger charge is -2.08. The molecule has 0 fully saturated rings. The van der Waals surface area contributed by atoms with E-state index in [1.807, 2.05) is 0 Å². The van der Waals surface area contributed by atoms with E-state index in [0.29, 0.717) is 6.61 Å². The lowest BCUT2D eigenvalue weighted by atomic mass is 10.2. The van der Waals surface area contributed by atoms with Crippen molar-refractivity contribution in [3.8, 4) is 5.75 Å². The summed E-state index contributed by atoms with van der Waals surface area (Å²) in [6, 6.07) is 2.23. The van der Waals surface area contributed by atoms with E-state index >= 15 is 0 Å². The van der Waals surface area contributed by atoms with Gasteiger partial charge in [-0.2, -0.15) is 4.39 Å². The molecule has 0 radical (unpaired) electrons. The molecule has 0 spiro atoms. The van der Waals surface area contributed by atoms with Crippen molar-refractivity contribution in [2.45, 2.75) is 26.2 Å². The molecule has 0 unspecified atom stereocenters. The molecule has 1 aromatic carbocycles. The summed E-state index contributed by atoms with van der Waals surface area (Å²) in [5, 5.41) is 0. The van der Waals surface area contributed by atoms with Gasteiger partial charge in [-0.1, -0.05) is 19.8 Å². The van der Waals surface area contributed by atoms with Gasteiger partial charge in [-0.25, -0.2) is 4.39 Å². The Morgan fingerprint density at radius 2 is 2.00 bits per heavy atom. The molecule has 0 aliphatic carbocycles. The Balaban J connectivity index is 2.60. The highest BCUT2D eigenvalue weighted by atomic mass is 19.2. The highest BCUT2D eigenvalue weighted by Gasteiger charge is 2.10. The van der Waals surface area contributed by atoms with Crippen molar-refractivity contribution in [1.82, 2.24) is 0 Å². The van der Waals surface area contributed by atoms with Crippen LogP contribution in [0.2, 0.25) is 0 Å². The Kier molecular flexibility index (Phi) is 4.34. The molecule has 0 saturated carbocycles. The molecule has 2 nitrogen and oxygen atoms in total. The lowest BCUT2D eigenvalue weighted by molar-refractivity contribution is 0.286. The van der Waals surface area contributed by atoms with Crippen LogP contribution >= 0.6 is 0 Å². The van der Waals surface area contributed by atoms with Gasteiger partial charge < -0.3 is 10.5 Å². The second-order valence-corrected chi connectivity index (χ2v) is 3.37. The molecule has 0 atom stereocenters. The second-order valence-electron chi connectivity index (χ2n) is 3.37. The van der Waals surface area contributed by atoms with Gasteiger partial charge in [0.2, 0.25) is 5.82 Å². The van der Waals surface area contributed by atoms with Crippen LogP contribution in [0.1, 0.15) is 26.2 Å². The molecule has 0 amide bonds. The molecule has 0 bridgehead atoms. The number of ether oxygens (including phenoxy) is 1. The quantitative estimate of drug-likeness (QED) is 0.605. The average Bonchev–Trinajstić information content (AvgIpc) is 2.19. The fourth-order valence-electron chi connectivity index (χ4n) is 1.22. The Hall–Kier alpha value is -1.32. The number of halogens is 2. The van der Waals surface area contributed by atoms with E-state index in [-0.39, 0.29) is 11.4 Å². The van der Waals surface area contributed by atoms with Crippen molar-refractivity contribution in [3.05, 3.63) is 23.8 Å². The highest BCUT2D eigenvalue weighted by Crippen LogP contribution is 2.23. The third-order valence-corrected chi connectivity index (χ3v) is 2.02. The van der Waals surface area contributed by atoms with Crippen LogP contribution in [-0.2, 0) is 0 Å². The van der Waals surface area contributed by atoms with Crippen LogP contribution in [0.5, 0.6) is 5.75 Å². The van der Waals surface area contributed by atoms with Crippen LogP contribution in [0.25, 0.3) is 0 Å². The summed E-state index contributed by atoms with van der Waals surface area (Å²) in [6.45, 7) is 2.44. The minimum atomic E-state index is -0.972. The van der Waals surface area contributed by atoms with Crippen molar-refractivity contribution in [2.75, 3.05) is 12.3 Å². The molecule has 0 aliphatic heterocycles. The fourth-order valence-corrected chi connectivity index (χ4v) is 1.22. The maximum atomic E-state index is 13.1. The monoisotopic (exact) mass is 215 g/mol. The van der Waals surface area contributed by atoms with Crippen LogP contribution in [0, 0.1) is 11.6 Å². The van der Waals surface area contributed by atoms with Crippen LogP contribution in [0.15, 0.2) is 12.1 Å². The second kappa shape index (κ2) is 5.53. The van der Waals surface area contributed by atoms with Gasteiger partial charge in [0.25, 0.3) is 0 Å². The van der Waals surface area contributed by atoms with Crippen molar-refractivity contribution < 1.29 is 13.5 Å². The minimum absolute atomic E-state index is 0.108. The number of benzene rings is 1. The van der Waals surface area contributed by atoms with Crippen molar-refractivity contribution in [1.29, 1.82) is 0 Å². The number of hydrogen-bond acceptors (Lipinski definition) is 2. The first-order valence-electron chi connectivity index (χ1n) is 5.02. The van der Waals surface area contributed by atoms with Crippen LogP contribution < -0.4 is 10.5 Å². The predicted molar refractivity (Wildman–Crippen MR) is 55.8 cm³/mol. The van der Waals surface area contributed by atoms with Crippen molar-refractivity contribution >= 4 is 5.69 Å². The number of hydrogen-bond donors (Lipinski definition) is 1. The van der Waals surface area contributed by atoms with Crippen molar-refractivity contribution in [3.63, 3.8) is 0 Å². The third-order valence-electron chi connectivity index (χ3n) is 2.02. The summed E-state index contributed by atoms with van der Waals surface area (Å²) < 4.78 is 31.1. The fraction of sp³-hybridized carbons (Fsp3) is 0.455. The summed E-state index contributed by atoms with van der Waals surface area (Å²) in [5.74, 6) is -2.05. The van der Waals surface area contributed by atoms with Gasteiger partial charge >= 0.3 is 0 Å². The van der Waals surface area contributed by atoms with E-state index in [2.05, 4.69) is 6.92 Å². The van der Waals surface area contributed by atoms with Gasteiger partial charge in [0.05, 0.1) is 6.61 Å². The highest BCUT2D eigenvalue weighted by molar-refractivity contribution is 5.45. The van der Waals surface area contributed by atoms with E-state index in [1.54, 1.807) is 0 Å². The third kappa shape index (κ3) is 3.38. The zero-order valence-corrected chi connectivity index (χ0v) is 8.72. The molecule has 4 heteroatoms. The summed E-state index contributed by atoms with van der Waals surface area (Å²) >= 11 is 0. The van der Waals surface area contributed by atoms with E-state index in [1.165, 1.54) is 6.07 Å². The molecule has 1 aromatic rings. The first-order valence-corrected chi connectivity index (χ1v) is 5.02. The number of rotatable bonds is 5. The Morgan fingerprint density at radius 1 is 1.27 bits per heavy atom. The van der Waals surface area contributed by atoms with Crippen molar-refractivity contribution in [2.24, 2.45) is 0 Å². The number of nitrogens with two attached hydrogens (primary N) is 1. The zero-order chi connectivity index (χ0) is 11.3. The molecule has 0 heterocycles. The molecular weight excluding hydrogens is 200 g/mol. The SMILES string of the molecule is CCCCCOc1cc(N)cc(F)c1F. The maximum absolute atomic E-state index is 13.1. The van der Waals surface area contributed by atoms with E-state index < -0.39 is 11.6 Å². The maximum Gasteiger partial charge on any atom is 0.200 e. The molecule has 0 saturated heterocycles. The standard InChI is InChI=1S/C11H15F2NO/c1-2-3-4-5-15-10-7-8(14)6-9(12)11(10)13/h6-7H,2-5,14H2,1H3. The molecule has 2 N–H and O–H groups in total. The van der Waals surface area contributed by atoms with Gasteiger partial charge in [0, 0.05) is 17.8 Å². The zero-order valence-electron chi connectivity index (χ0n) is 8.72. The summed E-state index contributed by atoms with van der Waals surface area (Å²) in [4.78, 5) is 0. The predicted octanol–water partition coefficient (Wildman–Crippen LogP) is 3.12. The summed E-state index contributed by atoms with van der Waals surface area (Å²) in [5.41, 5.74) is 5.54. The topological polar surface area (TPSA) is 35.2 Å². The van der Waals surface area contributed by atoms with E-state index in [4.69, 9.17) is 10.5 Å². The Bertz CT molecular complexity index is 329. The molecule has 0 aliphatic rings. The lowest BCUT2D eigenvalue weighted by Crippen LogP contribution is -2.01. The van der Waals surface area contributed by atoms with E-state index in [0.717, 1.165) is 25.3 Å². The van der Waals surface area contributed by atoms with E-state index in [9.17, 15) is 8.78 Å².